The second kappa shape index (κ2) is 8.34. The molecular weight excluding hydrogens is 364 g/mol. The zero-order valence-corrected chi connectivity index (χ0v) is 16.9. The zero-order valence-electron chi connectivity index (χ0n) is 16.1. The molecular formula is C19H28N4O3S. The maximum absolute atomic E-state index is 5.95. The van der Waals surface area contributed by atoms with Crippen molar-refractivity contribution in [3.63, 3.8) is 0 Å². The molecule has 148 valence electrons. The molecule has 0 spiro atoms. The third-order valence-electron chi connectivity index (χ3n) is 5.75. The predicted molar refractivity (Wildman–Crippen MR) is 103 cm³/mol. The van der Waals surface area contributed by atoms with Gasteiger partial charge in [-0.1, -0.05) is 18.1 Å². The molecule has 1 saturated heterocycles. The molecule has 0 amide bonds. The second-order valence-corrected chi connectivity index (χ2v) is 8.14. The number of hydrogen-bond donors (Lipinski definition) is 0. The van der Waals surface area contributed by atoms with Gasteiger partial charge in [0.1, 0.15) is 22.0 Å². The fourth-order valence-corrected chi connectivity index (χ4v) is 5.20. The van der Waals surface area contributed by atoms with Crippen LogP contribution in [0.2, 0.25) is 0 Å². The molecule has 0 bridgehead atoms. The van der Waals surface area contributed by atoms with Gasteiger partial charge in [0.15, 0.2) is 0 Å². The lowest BCUT2D eigenvalue weighted by Gasteiger charge is -2.33. The quantitative estimate of drug-likeness (QED) is 0.748. The minimum Gasteiger partial charge on any atom is -0.381 e. The first kappa shape index (κ1) is 19.0. The summed E-state index contributed by atoms with van der Waals surface area (Å²) >= 11 is 1.63. The summed E-state index contributed by atoms with van der Waals surface area (Å²) in [6.07, 6.45) is 8.52. The van der Waals surface area contributed by atoms with Crippen LogP contribution in [0.1, 0.15) is 56.5 Å². The minimum absolute atomic E-state index is 0.225. The van der Waals surface area contributed by atoms with E-state index in [-0.39, 0.29) is 17.7 Å². The number of nitrogens with zero attached hydrogens (tertiary/aromatic N) is 4. The van der Waals surface area contributed by atoms with Gasteiger partial charge in [-0.2, -0.15) is 0 Å². The summed E-state index contributed by atoms with van der Waals surface area (Å²) in [5.41, 5.74) is 1.35. The van der Waals surface area contributed by atoms with Crippen LogP contribution in [0, 0.1) is 0 Å². The topological polar surface area (TPSA) is 71.3 Å². The van der Waals surface area contributed by atoms with Crippen LogP contribution < -0.4 is 0 Å². The smallest absolute Gasteiger partial charge is 0.132 e. The Morgan fingerprint density at radius 1 is 1.26 bits per heavy atom. The van der Waals surface area contributed by atoms with Gasteiger partial charge in [0, 0.05) is 45.2 Å². The summed E-state index contributed by atoms with van der Waals surface area (Å²) < 4.78 is 19.3. The number of ether oxygens (including phenoxy) is 3. The van der Waals surface area contributed by atoms with Crippen LogP contribution in [0.5, 0.6) is 0 Å². The summed E-state index contributed by atoms with van der Waals surface area (Å²) in [6.45, 7) is 4.21. The molecule has 3 heterocycles. The molecule has 2 aromatic heterocycles. The molecule has 0 unspecified atom stereocenters. The van der Waals surface area contributed by atoms with Gasteiger partial charge in [-0.15, -0.1) is 16.4 Å². The number of rotatable bonds is 6. The van der Waals surface area contributed by atoms with Crippen LogP contribution in [-0.4, -0.2) is 53.0 Å². The average Bonchev–Trinajstić information content (AvgIpc) is 3.39. The molecule has 0 aromatic carbocycles. The van der Waals surface area contributed by atoms with Crippen molar-refractivity contribution in [2.45, 2.75) is 63.2 Å². The summed E-state index contributed by atoms with van der Waals surface area (Å²) in [4.78, 5) is 4.85. The van der Waals surface area contributed by atoms with Gasteiger partial charge >= 0.3 is 0 Å². The van der Waals surface area contributed by atoms with Crippen LogP contribution in [0.3, 0.4) is 0 Å². The fourth-order valence-electron chi connectivity index (χ4n) is 4.15. The molecule has 8 heteroatoms. The highest BCUT2D eigenvalue weighted by atomic mass is 32.1. The number of thiazole rings is 1. The van der Waals surface area contributed by atoms with Crippen LogP contribution in [-0.2, 0) is 19.8 Å². The largest absolute Gasteiger partial charge is 0.381 e. The number of methoxy groups -OCH3 is 1. The minimum atomic E-state index is -0.333. The Bertz CT molecular complexity index is 739. The fraction of sp³-hybridized carbons (Fsp3) is 0.737. The van der Waals surface area contributed by atoms with Crippen molar-refractivity contribution in [1.29, 1.82) is 0 Å². The Labute approximate surface area is 164 Å². The first-order chi connectivity index (χ1) is 13.3. The van der Waals surface area contributed by atoms with E-state index < -0.39 is 0 Å². The molecule has 1 aliphatic carbocycles. The van der Waals surface area contributed by atoms with Gasteiger partial charge in [0.2, 0.25) is 0 Å². The van der Waals surface area contributed by atoms with Crippen molar-refractivity contribution < 1.29 is 14.2 Å². The summed E-state index contributed by atoms with van der Waals surface area (Å²) in [7, 11) is 1.76. The van der Waals surface area contributed by atoms with E-state index in [0.717, 1.165) is 48.7 Å². The van der Waals surface area contributed by atoms with E-state index >= 15 is 0 Å². The van der Waals surface area contributed by atoms with Crippen LogP contribution >= 0.6 is 11.3 Å². The van der Waals surface area contributed by atoms with Crippen molar-refractivity contribution >= 4 is 11.3 Å². The van der Waals surface area contributed by atoms with Gasteiger partial charge in [-0.3, -0.25) is 0 Å². The second-order valence-electron chi connectivity index (χ2n) is 7.28. The Hall–Kier alpha value is -1.35. The van der Waals surface area contributed by atoms with Crippen LogP contribution in [0.25, 0.3) is 11.4 Å². The van der Waals surface area contributed by atoms with E-state index in [9.17, 15) is 0 Å². The lowest BCUT2D eigenvalue weighted by Crippen LogP contribution is -2.35. The van der Waals surface area contributed by atoms with Crippen molar-refractivity contribution in [3.8, 4) is 11.4 Å². The Morgan fingerprint density at radius 3 is 2.85 bits per heavy atom. The Kier molecular flexibility index (Phi) is 5.87. The van der Waals surface area contributed by atoms with Crippen molar-refractivity contribution in [2.75, 3.05) is 26.9 Å². The highest BCUT2D eigenvalue weighted by Gasteiger charge is 2.37. The van der Waals surface area contributed by atoms with E-state index in [2.05, 4.69) is 22.6 Å². The molecule has 2 aromatic rings. The first-order valence-electron chi connectivity index (χ1n) is 9.88. The van der Waals surface area contributed by atoms with E-state index in [1.165, 1.54) is 12.8 Å². The molecule has 0 radical (unpaired) electrons. The van der Waals surface area contributed by atoms with Gasteiger partial charge in [0.05, 0.1) is 18.3 Å². The predicted octanol–water partition coefficient (Wildman–Crippen LogP) is 3.57. The van der Waals surface area contributed by atoms with Gasteiger partial charge < -0.3 is 14.2 Å². The Morgan fingerprint density at radius 2 is 2.07 bits per heavy atom. The van der Waals surface area contributed by atoms with E-state index in [0.29, 0.717) is 13.2 Å². The molecule has 4 rings (SSSR count). The molecule has 2 atom stereocenters. The Balaban J connectivity index is 1.54. The van der Waals surface area contributed by atoms with E-state index in [1.807, 2.05) is 10.9 Å². The third kappa shape index (κ3) is 3.81. The molecule has 1 aliphatic heterocycles. The van der Waals surface area contributed by atoms with Gasteiger partial charge in [0.25, 0.3) is 0 Å². The summed E-state index contributed by atoms with van der Waals surface area (Å²) in [6, 6.07) is 0.263. The molecule has 0 N–H and O–H groups in total. The molecule has 7 nitrogen and oxygen atoms in total. The molecule has 27 heavy (non-hydrogen) atoms. The highest BCUT2D eigenvalue weighted by molar-refractivity contribution is 7.10. The molecule has 2 aliphatic rings. The highest BCUT2D eigenvalue weighted by Crippen LogP contribution is 2.38. The number of aromatic nitrogens is 4. The maximum Gasteiger partial charge on any atom is 0.132 e. The monoisotopic (exact) mass is 392 g/mol. The van der Waals surface area contributed by atoms with Crippen LogP contribution in [0.15, 0.2) is 11.6 Å². The third-order valence-corrected chi connectivity index (χ3v) is 6.77. The van der Waals surface area contributed by atoms with Crippen molar-refractivity contribution in [3.05, 3.63) is 16.6 Å². The van der Waals surface area contributed by atoms with Crippen molar-refractivity contribution in [1.82, 2.24) is 20.0 Å². The van der Waals surface area contributed by atoms with E-state index in [4.69, 9.17) is 19.2 Å². The normalized spacial score (nSPS) is 25.6. The summed E-state index contributed by atoms with van der Waals surface area (Å²) in [5.74, 6) is 0. The lowest BCUT2D eigenvalue weighted by molar-refractivity contribution is -0.0947. The molecule has 1 saturated carbocycles. The molecule has 2 fully saturated rings. The maximum atomic E-state index is 5.95. The summed E-state index contributed by atoms with van der Waals surface area (Å²) in [5, 5.41) is 11.9. The van der Waals surface area contributed by atoms with E-state index in [1.54, 1.807) is 18.4 Å². The van der Waals surface area contributed by atoms with Gasteiger partial charge in [-0.05, 0) is 19.8 Å². The average molecular weight is 393 g/mol. The first-order valence-corrected chi connectivity index (χ1v) is 10.8. The lowest BCUT2D eigenvalue weighted by atomic mass is 9.92. The van der Waals surface area contributed by atoms with Crippen molar-refractivity contribution in [2.24, 2.45) is 0 Å². The zero-order chi connectivity index (χ0) is 18.7. The number of hydrogen-bond acceptors (Lipinski definition) is 7. The van der Waals surface area contributed by atoms with Gasteiger partial charge in [-0.25, -0.2) is 9.67 Å². The standard InChI is InChI=1S/C19H28N4O3S/c1-3-26-17-7-5-4-6-16(17)23-12-14(21-22-23)15-13-27-18(20-15)19(24-2)8-10-25-11-9-19/h12-13,16-17H,3-11H2,1-2H3/t16-,17-/m1/s1. The van der Waals surface area contributed by atoms with Crippen LogP contribution in [0.4, 0.5) is 0 Å². The SMILES string of the molecule is CCO[C@@H]1CCCC[C@H]1n1cc(-c2csc(C3(OC)CCOCC3)n2)nn1.